The summed E-state index contributed by atoms with van der Waals surface area (Å²) in [5, 5.41) is 3.29. The molecule has 8 heteroatoms. The van der Waals surface area contributed by atoms with Gasteiger partial charge in [0.15, 0.2) is 0 Å². The molecule has 0 aliphatic heterocycles. The van der Waals surface area contributed by atoms with Gasteiger partial charge in [0.2, 0.25) is 5.91 Å². The zero-order valence-corrected chi connectivity index (χ0v) is 16.5. The fourth-order valence-corrected chi connectivity index (χ4v) is 2.47. The van der Waals surface area contributed by atoms with Crippen molar-refractivity contribution < 1.29 is 14.4 Å². The lowest BCUT2D eigenvalue weighted by Crippen LogP contribution is -2.41. The molecule has 0 saturated heterocycles. The van der Waals surface area contributed by atoms with Gasteiger partial charge in [-0.1, -0.05) is 17.7 Å². The quantitative estimate of drug-likeness (QED) is 0.490. The van der Waals surface area contributed by atoms with E-state index in [4.69, 9.17) is 11.6 Å². The molecule has 0 aliphatic rings. The molecule has 28 heavy (non-hydrogen) atoms. The summed E-state index contributed by atoms with van der Waals surface area (Å²) in [4.78, 5) is 37.8. The van der Waals surface area contributed by atoms with Crippen LogP contribution in [0.2, 0.25) is 5.02 Å². The highest BCUT2D eigenvalue weighted by Gasteiger charge is 2.09. The van der Waals surface area contributed by atoms with Crippen molar-refractivity contribution in [2.45, 2.75) is 12.8 Å². The standard InChI is InChI=1S/C20H23ClN4O3/c1-25(2)17-6-3-5-15(13-17)20(28)24-23-18(26)7-4-12-22-19(27)14-8-10-16(21)11-9-14/h3,5-6,8-11,13H,4,7,12H2,1-2H3,(H,22,27)(H,23,26)(H,24,28). The molecule has 0 fully saturated rings. The minimum Gasteiger partial charge on any atom is -0.378 e. The van der Waals surface area contributed by atoms with Gasteiger partial charge in [-0.05, 0) is 48.9 Å². The minimum atomic E-state index is -0.395. The average Bonchev–Trinajstić information content (AvgIpc) is 2.69. The van der Waals surface area contributed by atoms with Crippen molar-refractivity contribution in [2.24, 2.45) is 0 Å². The summed E-state index contributed by atoms with van der Waals surface area (Å²) >= 11 is 5.78. The Morgan fingerprint density at radius 2 is 1.64 bits per heavy atom. The first-order chi connectivity index (χ1) is 13.4. The number of benzene rings is 2. The van der Waals surface area contributed by atoms with Crippen LogP contribution in [0, 0.1) is 0 Å². The smallest absolute Gasteiger partial charge is 0.269 e. The van der Waals surface area contributed by atoms with E-state index < -0.39 is 5.91 Å². The Kier molecular flexibility index (Phi) is 7.83. The lowest BCUT2D eigenvalue weighted by atomic mass is 10.2. The van der Waals surface area contributed by atoms with Crippen molar-refractivity contribution >= 4 is 35.0 Å². The van der Waals surface area contributed by atoms with Crippen molar-refractivity contribution in [3.63, 3.8) is 0 Å². The Labute approximate surface area is 169 Å². The second-order valence-electron chi connectivity index (χ2n) is 6.31. The second-order valence-corrected chi connectivity index (χ2v) is 6.75. The number of nitrogens with one attached hydrogen (secondary N) is 3. The fraction of sp³-hybridized carbons (Fsp3) is 0.250. The number of halogens is 1. The molecule has 0 atom stereocenters. The summed E-state index contributed by atoms with van der Waals surface area (Å²) in [5.41, 5.74) is 6.60. The van der Waals surface area contributed by atoms with Gasteiger partial charge in [0.1, 0.15) is 0 Å². The van der Waals surface area contributed by atoms with Crippen LogP contribution in [0.15, 0.2) is 48.5 Å². The number of hydrogen-bond donors (Lipinski definition) is 3. The van der Waals surface area contributed by atoms with Crippen LogP contribution in [0.3, 0.4) is 0 Å². The van der Waals surface area contributed by atoms with E-state index in [2.05, 4.69) is 16.2 Å². The predicted molar refractivity (Wildman–Crippen MR) is 109 cm³/mol. The van der Waals surface area contributed by atoms with E-state index in [1.54, 1.807) is 42.5 Å². The third kappa shape index (κ3) is 6.59. The summed E-state index contributed by atoms with van der Waals surface area (Å²) < 4.78 is 0. The maximum Gasteiger partial charge on any atom is 0.269 e. The lowest BCUT2D eigenvalue weighted by Gasteiger charge is -2.13. The number of anilines is 1. The van der Waals surface area contributed by atoms with Crippen LogP contribution in [0.1, 0.15) is 33.6 Å². The average molecular weight is 403 g/mol. The molecule has 0 bridgehead atoms. The van der Waals surface area contributed by atoms with Gasteiger partial charge < -0.3 is 10.2 Å². The Morgan fingerprint density at radius 3 is 2.32 bits per heavy atom. The number of nitrogens with zero attached hydrogens (tertiary/aromatic N) is 1. The molecule has 0 spiro atoms. The van der Waals surface area contributed by atoms with Crippen molar-refractivity contribution in [2.75, 3.05) is 25.5 Å². The summed E-state index contributed by atoms with van der Waals surface area (Å²) in [6, 6.07) is 13.6. The maximum atomic E-state index is 12.1. The predicted octanol–water partition coefficient (Wildman–Crippen LogP) is 2.38. The van der Waals surface area contributed by atoms with Gasteiger partial charge in [-0.3, -0.25) is 25.2 Å². The summed E-state index contributed by atoms with van der Waals surface area (Å²) in [7, 11) is 3.76. The first-order valence-corrected chi connectivity index (χ1v) is 9.15. The van der Waals surface area contributed by atoms with Crippen molar-refractivity contribution in [3.8, 4) is 0 Å². The van der Waals surface area contributed by atoms with Crippen molar-refractivity contribution in [1.29, 1.82) is 0 Å². The van der Waals surface area contributed by atoms with Gasteiger partial charge in [-0.2, -0.15) is 0 Å². The van der Waals surface area contributed by atoms with Crippen molar-refractivity contribution in [3.05, 3.63) is 64.7 Å². The van der Waals surface area contributed by atoms with Gasteiger partial charge in [0.25, 0.3) is 11.8 Å². The Morgan fingerprint density at radius 1 is 0.929 bits per heavy atom. The molecular weight excluding hydrogens is 380 g/mol. The number of carbonyl (C=O) groups excluding carboxylic acids is 3. The molecule has 0 aliphatic carbocycles. The minimum absolute atomic E-state index is 0.166. The Bertz CT molecular complexity index is 838. The van der Waals surface area contributed by atoms with Crippen molar-refractivity contribution in [1.82, 2.24) is 16.2 Å². The van der Waals surface area contributed by atoms with E-state index in [1.165, 1.54) is 0 Å². The first-order valence-electron chi connectivity index (χ1n) is 8.77. The van der Waals surface area contributed by atoms with Crippen LogP contribution in [-0.2, 0) is 4.79 Å². The highest BCUT2D eigenvalue weighted by molar-refractivity contribution is 6.30. The Balaban J connectivity index is 1.68. The number of amides is 3. The highest BCUT2D eigenvalue weighted by Crippen LogP contribution is 2.13. The summed E-state index contributed by atoms with van der Waals surface area (Å²) in [5.74, 6) is -0.961. The number of carbonyl (C=O) groups is 3. The molecule has 2 aromatic carbocycles. The molecule has 3 amide bonds. The second kappa shape index (κ2) is 10.3. The molecule has 2 aromatic rings. The van der Waals surface area contributed by atoms with Crippen LogP contribution in [-0.4, -0.2) is 38.4 Å². The monoisotopic (exact) mass is 402 g/mol. The molecule has 7 nitrogen and oxygen atoms in total. The molecule has 148 valence electrons. The molecule has 0 radical (unpaired) electrons. The van der Waals surface area contributed by atoms with E-state index in [-0.39, 0.29) is 18.2 Å². The van der Waals surface area contributed by atoms with E-state index in [9.17, 15) is 14.4 Å². The van der Waals surface area contributed by atoms with Crippen LogP contribution in [0.5, 0.6) is 0 Å². The van der Waals surface area contributed by atoms with Gasteiger partial charge in [0.05, 0.1) is 0 Å². The zero-order chi connectivity index (χ0) is 20.5. The molecule has 3 N–H and O–H groups in total. The lowest BCUT2D eigenvalue weighted by molar-refractivity contribution is -0.121. The highest BCUT2D eigenvalue weighted by atomic mass is 35.5. The SMILES string of the molecule is CN(C)c1cccc(C(=O)NNC(=O)CCCNC(=O)c2ccc(Cl)cc2)c1. The van der Waals surface area contributed by atoms with E-state index in [0.717, 1.165) is 5.69 Å². The van der Waals surface area contributed by atoms with E-state index in [1.807, 2.05) is 25.1 Å². The van der Waals surface area contributed by atoms with Crippen LogP contribution < -0.4 is 21.1 Å². The Hall–Kier alpha value is -3.06. The van der Waals surface area contributed by atoms with E-state index >= 15 is 0 Å². The summed E-state index contributed by atoms with van der Waals surface area (Å²) in [6.45, 7) is 0.341. The number of hydrazine groups is 1. The molecule has 0 aromatic heterocycles. The fourth-order valence-electron chi connectivity index (χ4n) is 2.34. The summed E-state index contributed by atoms with van der Waals surface area (Å²) in [6.07, 6.45) is 0.607. The molecule has 0 heterocycles. The normalized spacial score (nSPS) is 10.1. The largest absolute Gasteiger partial charge is 0.378 e. The molecule has 0 unspecified atom stereocenters. The van der Waals surface area contributed by atoms with Gasteiger partial charge in [-0.25, -0.2) is 0 Å². The molecule has 0 saturated carbocycles. The van der Waals surface area contributed by atoms with Crippen LogP contribution >= 0.6 is 11.6 Å². The topological polar surface area (TPSA) is 90.5 Å². The van der Waals surface area contributed by atoms with Gasteiger partial charge in [0, 0.05) is 48.9 Å². The van der Waals surface area contributed by atoms with Crippen LogP contribution in [0.25, 0.3) is 0 Å². The third-order valence-electron chi connectivity index (χ3n) is 3.91. The van der Waals surface area contributed by atoms with Gasteiger partial charge >= 0.3 is 0 Å². The molecule has 2 rings (SSSR count). The van der Waals surface area contributed by atoms with Crippen LogP contribution in [0.4, 0.5) is 5.69 Å². The number of hydrogen-bond acceptors (Lipinski definition) is 4. The number of rotatable bonds is 7. The van der Waals surface area contributed by atoms with E-state index in [0.29, 0.717) is 29.1 Å². The first kappa shape index (κ1) is 21.2. The molecular formula is C20H23ClN4O3. The third-order valence-corrected chi connectivity index (χ3v) is 4.16. The van der Waals surface area contributed by atoms with Gasteiger partial charge in [-0.15, -0.1) is 0 Å². The zero-order valence-electron chi connectivity index (χ0n) is 15.8. The maximum absolute atomic E-state index is 12.1.